The molecule has 0 bridgehead atoms. The number of aliphatic hydroxyl groups excluding tert-OH is 1. The van der Waals surface area contributed by atoms with Crippen molar-refractivity contribution in [1.29, 1.82) is 0 Å². The second kappa shape index (κ2) is 4.91. The summed E-state index contributed by atoms with van der Waals surface area (Å²) in [5.41, 5.74) is -0.655. The Hall–Kier alpha value is -1.30. The highest BCUT2D eigenvalue weighted by molar-refractivity contribution is 5.80. The van der Waals surface area contributed by atoms with E-state index in [1.165, 1.54) is 4.90 Å². The van der Waals surface area contributed by atoms with Gasteiger partial charge >= 0.3 is 12.1 Å². The van der Waals surface area contributed by atoms with Gasteiger partial charge < -0.3 is 14.9 Å². The summed E-state index contributed by atoms with van der Waals surface area (Å²) >= 11 is 0. The van der Waals surface area contributed by atoms with Crippen molar-refractivity contribution in [2.24, 2.45) is 5.92 Å². The standard InChI is InChI=1S/C11H19NO5/c1-11(2,3)17-10(16)12-5-7(6-13)4-8(12)9(14)15/h7-8,13H,4-6H2,1-3H3,(H,14,15)/t7-,8-/m0/s1. The third-order valence-electron chi connectivity index (χ3n) is 2.56. The number of rotatable bonds is 2. The van der Waals surface area contributed by atoms with Crippen molar-refractivity contribution in [3.05, 3.63) is 0 Å². The Balaban J connectivity index is 2.73. The van der Waals surface area contributed by atoms with E-state index in [0.29, 0.717) is 0 Å². The van der Waals surface area contributed by atoms with E-state index in [1.54, 1.807) is 20.8 Å². The quantitative estimate of drug-likeness (QED) is 0.747. The fraction of sp³-hybridized carbons (Fsp3) is 0.818. The van der Waals surface area contributed by atoms with E-state index in [1.807, 2.05) is 0 Å². The summed E-state index contributed by atoms with van der Waals surface area (Å²) in [4.78, 5) is 24.0. The first-order valence-electron chi connectivity index (χ1n) is 5.58. The Kier molecular flexibility index (Phi) is 3.98. The van der Waals surface area contributed by atoms with Crippen molar-refractivity contribution in [3.8, 4) is 0 Å². The zero-order valence-electron chi connectivity index (χ0n) is 10.3. The maximum Gasteiger partial charge on any atom is 0.411 e. The van der Waals surface area contributed by atoms with Gasteiger partial charge in [-0.15, -0.1) is 0 Å². The van der Waals surface area contributed by atoms with Crippen LogP contribution in [0.5, 0.6) is 0 Å². The third-order valence-corrected chi connectivity index (χ3v) is 2.56. The smallest absolute Gasteiger partial charge is 0.411 e. The van der Waals surface area contributed by atoms with Gasteiger partial charge in [0.2, 0.25) is 0 Å². The number of carbonyl (C=O) groups excluding carboxylic acids is 1. The van der Waals surface area contributed by atoms with Crippen molar-refractivity contribution in [2.75, 3.05) is 13.2 Å². The molecule has 0 spiro atoms. The van der Waals surface area contributed by atoms with Crippen molar-refractivity contribution in [2.45, 2.75) is 38.8 Å². The van der Waals surface area contributed by atoms with Gasteiger partial charge in [-0.1, -0.05) is 0 Å². The Labute approximate surface area is 100 Å². The van der Waals surface area contributed by atoms with Crippen molar-refractivity contribution >= 4 is 12.1 Å². The predicted octanol–water partition coefficient (Wildman–Crippen LogP) is 0.689. The van der Waals surface area contributed by atoms with Crippen LogP contribution in [0.1, 0.15) is 27.2 Å². The van der Waals surface area contributed by atoms with Crippen molar-refractivity contribution in [3.63, 3.8) is 0 Å². The Morgan fingerprint density at radius 3 is 2.41 bits per heavy atom. The molecular weight excluding hydrogens is 226 g/mol. The lowest BCUT2D eigenvalue weighted by molar-refractivity contribution is -0.142. The predicted molar refractivity (Wildman–Crippen MR) is 59.6 cm³/mol. The van der Waals surface area contributed by atoms with E-state index < -0.39 is 23.7 Å². The molecule has 98 valence electrons. The van der Waals surface area contributed by atoms with Gasteiger partial charge in [0.05, 0.1) is 0 Å². The van der Waals surface area contributed by atoms with E-state index in [9.17, 15) is 9.59 Å². The van der Waals surface area contributed by atoms with Gasteiger partial charge in [-0.25, -0.2) is 9.59 Å². The molecule has 1 amide bonds. The molecule has 1 rings (SSSR count). The van der Waals surface area contributed by atoms with Gasteiger partial charge in [-0.05, 0) is 27.2 Å². The molecule has 1 heterocycles. The summed E-state index contributed by atoms with van der Waals surface area (Å²) in [6.07, 6.45) is -0.369. The fourth-order valence-corrected chi connectivity index (χ4v) is 1.81. The second-order valence-corrected chi connectivity index (χ2v) is 5.27. The first-order valence-corrected chi connectivity index (χ1v) is 5.58. The fourth-order valence-electron chi connectivity index (χ4n) is 1.81. The number of carboxylic acids is 1. The summed E-state index contributed by atoms with van der Waals surface area (Å²) < 4.78 is 5.14. The van der Waals surface area contributed by atoms with Crippen LogP contribution in [0.3, 0.4) is 0 Å². The highest BCUT2D eigenvalue weighted by Crippen LogP contribution is 2.25. The molecule has 2 N–H and O–H groups in total. The van der Waals surface area contributed by atoms with Crippen LogP contribution in [0.15, 0.2) is 0 Å². The molecule has 17 heavy (non-hydrogen) atoms. The summed E-state index contributed by atoms with van der Waals surface area (Å²) in [6.45, 7) is 5.27. The Morgan fingerprint density at radius 2 is 2.00 bits per heavy atom. The molecule has 0 radical (unpaired) electrons. The first-order chi connectivity index (χ1) is 7.74. The zero-order chi connectivity index (χ0) is 13.2. The molecule has 0 unspecified atom stereocenters. The number of amides is 1. The van der Waals surface area contributed by atoms with Crippen LogP contribution in [-0.4, -0.2) is 52.0 Å². The number of hydrogen-bond donors (Lipinski definition) is 2. The topological polar surface area (TPSA) is 87.1 Å². The minimum atomic E-state index is -1.06. The van der Waals surface area contributed by atoms with Gasteiger partial charge in [-0.3, -0.25) is 4.90 Å². The largest absolute Gasteiger partial charge is 0.480 e. The molecule has 2 atom stereocenters. The molecule has 0 aromatic heterocycles. The average molecular weight is 245 g/mol. The van der Waals surface area contributed by atoms with E-state index in [4.69, 9.17) is 14.9 Å². The molecule has 0 aromatic carbocycles. The normalized spacial score (nSPS) is 24.8. The zero-order valence-corrected chi connectivity index (χ0v) is 10.3. The van der Waals surface area contributed by atoms with Gasteiger partial charge in [0.25, 0.3) is 0 Å². The monoisotopic (exact) mass is 245 g/mol. The number of carbonyl (C=O) groups is 2. The molecule has 1 aliphatic rings. The van der Waals surface area contributed by atoms with Crippen LogP contribution >= 0.6 is 0 Å². The van der Waals surface area contributed by atoms with Crippen molar-refractivity contribution < 1.29 is 24.5 Å². The molecule has 1 saturated heterocycles. The highest BCUT2D eigenvalue weighted by atomic mass is 16.6. The number of nitrogens with zero attached hydrogens (tertiary/aromatic N) is 1. The molecular formula is C11H19NO5. The maximum absolute atomic E-state index is 11.8. The lowest BCUT2D eigenvalue weighted by Gasteiger charge is -2.26. The van der Waals surface area contributed by atoms with Crippen LogP contribution in [0.2, 0.25) is 0 Å². The summed E-state index contributed by atoms with van der Waals surface area (Å²) in [6, 6.07) is -0.901. The lowest BCUT2D eigenvalue weighted by atomic mass is 10.1. The molecule has 6 nitrogen and oxygen atoms in total. The maximum atomic E-state index is 11.8. The minimum Gasteiger partial charge on any atom is -0.480 e. The van der Waals surface area contributed by atoms with Gasteiger partial charge in [0.1, 0.15) is 11.6 Å². The van der Waals surface area contributed by atoms with E-state index in [2.05, 4.69) is 0 Å². The van der Waals surface area contributed by atoms with Gasteiger partial charge in [0.15, 0.2) is 0 Å². The number of aliphatic hydroxyl groups is 1. The Morgan fingerprint density at radius 1 is 1.41 bits per heavy atom. The molecule has 0 saturated carbocycles. The van der Waals surface area contributed by atoms with Gasteiger partial charge in [-0.2, -0.15) is 0 Å². The van der Waals surface area contributed by atoms with E-state index in [0.717, 1.165) is 0 Å². The van der Waals surface area contributed by atoms with Crippen LogP contribution in [0.25, 0.3) is 0 Å². The van der Waals surface area contributed by atoms with Crippen LogP contribution in [-0.2, 0) is 9.53 Å². The lowest BCUT2D eigenvalue weighted by Crippen LogP contribution is -2.43. The second-order valence-electron chi connectivity index (χ2n) is 5.27. The summed E-state index contributed by atoms with van der Waals surface area (Å²) in [5, 5.41) is 18.0. The van der Waals surface area contributed by atoms with Crippen LogP contribution in [0, 0.1) is 5.92 Å². The SMILES string of the molecule is CC(C)(C)OC(=O)N1C[C@@H](CO)C[C@H]1C(=O)O. The summed E-state index contributed by atoms with van der Waals surface area (Å²) in [5.74, 6) is -1.25. The summed E-state index contributed by atoms with van der Waals surface area (Å²) in [7, 11) is 0. The van der Waals surface area contributed by atoms with E-state index in [-0.39, 0.29) is 25.5 Å². The molecule has 1 fully saturated rings. The number of hydrogen-bond acceptors (Lipinski definition) is 4. The third kappa shape index (κ3) is 3.59. The van der Waals surface area contributed by atoms with Gasteiger partial charge in [0, 0.05) is 19.1 Å². The average Bonchev–Trinajstić information content (AvgIpc) is 2.58. The number of ether oxygens (including phenoxy) is 1. The molecule has 6 heteroatoms. The molecule has 0 aliphatic carbocycles. The minimum absolute atomic E-state index is 0.122. The first kappa shape index (κ1) is 13.8. The van der Waals surface area contributed by atoms with Crippen molar-refractivity contribution in [1.82, 2.24) is 4.90 Å². The number of aliphatic carboxylic acids is 1. The highest BCUT2D eigenvalue weighted by Gasteiger charge is 2.41. The van der Waals surface area contributed by atoms with Crippen LogP contribution in [0.4, 0.5) is 4.79 Å². The Bertz CT molecular complexity index is 309. The molecule has 1 aliphatic heterocycles. The van der Waals surface area contributed by atoms with E-state index >= 15 is 0 Å². The number of likely N-dealkylation sites (tertiary alicyclic amines) is 1. The number of carboxylic acid groups (broad SMARTS) is 1. The molecule has 0 aromatic rings. The van der Waals surface area contributed by atoms with Crippen LogP contribution < -0.4 is 0 Å².